The molecule has 0 spiro atoms. The van der Waals surface area contributed by atoms with E-state index in [0.29, 0.717) is 31.6 Å². The van der Waals surface area contributed by atoms with Crippen LogP contribution in [-0.2, 0) is 15.9 Å². The van der Waals surface area contributed by atoms with E-state index < -0.39 is 6.10 Å². The molecule has 1 aromatic carbocycles. The van der Waals surface area contributed by atoms with E-state index >= 15 is 0 Å². The normalized spacial score (nSPS) is 25.0. The van der Waals surface area contributed by atoms with Crippen molar-refractivity contribution in [1.82, 2.24) is 0 Å². The fraction of sp³-hybridized carbons (Fsp3) is 0.455. The smallest absolute Gasteiger partial charge is 0.142 e. The van der Waals surface area contributed by atoms with Crippen LogP contribution in [0.3, 0.4) is 0 Å². The summed E-state index contributed by atoms with van der Waals surface area (Å²) in [6.07, 6.45) is 6.22. The molecule has 3 rings (SSSR count). The van der Waals surface area contributed by atoms with Gasteiger partial charge in [-0.2, -0.15) is 0 Å². The van der Waals surface area contributed by atoms with Crippen LogP contribution in [0, 0.1) is 0 Å². The Balaban J connectivity index is 1.61. The van der Waals surface area contributed by atoms with Gasteiger partial charge in [-0.05, 0) is 29.3 Å². The molecule has 0 bridgehead atoms. The number of hydrogen-bond acceptors (Lipinski definition) is 6. The van der Waals surface area contributed by atoms with Crippen molar-refractivity contribution in [2.45, 2.75) is 37.6 Å². The number of allylic oxidation sites excluding steroid dienone is 3. The van der Waals surface area contributed by atoms with Crippen LogP contribution in [-0.4, -0.2) is 55.4 Å². The molecule has 0 amide bonds. The number of nitrogens with one attached hydrogen (secondary N) is 1. The van der Waals surface area contributed by atoms with Crippen LogP contribution in [0.25, 0.3) is 0 Å². The molecule has 6 nitrogen and oxygen atoms in total. The van der Waals surface area contributed by atoms with E-state index in [4.69, 9.17) is 14.2 Å². The molecule has 6 heteroatoms. The third kappa shape index (κ3) is 5.38. The Kier molecular flexibility index (Phi) is 7.14. The first-order valence-electron chi connectivity index (χ1n) is 9.63. The predicted octanol–water partition coefficient (Wildman–Crippen LogP) is 2.58. The number of hydrogen-bond donors (Lipinski definition) is 3. The van der Waals surface area contributed by atoms with Crippen LogP contribution in [0.15, 0.2) is 54.3 Å². The minimum atomic E-state index is -0.456. The summed E-state index contributed by atoms with van der Waals surface area (Å²) >= 11 is 0. The van der Waals surface area contributed by atoms with E-state index in [1.807, 2.05) is 30.4 Å². The largest absolute Gasteiger partial charge is 0.496 e. The van der Waals surface area contributed by atoms with Gasteiger partial charge < -0.3 is 29.7 Å². The summed E-state index contributed by atoms with van der Waals surface area (Å²) in [4.78, 5) is 0. The lowest BCUT2D eigenvalue weighted by Gasteiger charge is -2.30. The summed E-state index contributed by atoms with van der Waals surface area (Å²) < 4.78 is 16.8. The van der Waals surface area contributed by atoms with Crippen LogP contribution < -0.4 is 10.1 Å². The van der Waals surface area contributed by atoms with Crippen molar-refractivity contribution >= 4 is 5.69 Å². The fourth-order valence-corrected chi connectivity index (χ4v) is 3.50. The average Bonchev–Trinajstić information content (AvgIpc) is 2.70. The van der Waals surface area contributed by atoms with Gasteiger partial charge in [-0.1, -0.05) is 24.8 Å². The Labute approximate surface area is 166 Å². The summed E-state index contributed by atoms with van der Waals surface area (Å²) in [5.74, 6) is 1.56. The fourth-order valence-electron chi connectivity index (χ4n) is 3.50. The quantitative estimate of drug-likeness (QED) is 0.493. The molecule has 0 saturated carbocycles. The molecular weight excluding hydrogens is 358 g/mol. The van der Waals surface area contributed by atoms with E-state index in [2.05, 4.69) is 18.0 Å². The van der Waals surface area contributed by atoms with Gasteiger partial charge in [0.25, 0.3) is 0 Å². The van der Waals surface area contributed by atoms with Crippen LogP contribution in [0.4, 0.5) is 5.69 Å². The standard InChI is InChI=1S/C22H29NO5/c1-15(10-16-6-7-22-20(11-16)23-8-9-27-22)21(26-2)5-3-4-18-12-17(25)13-19(14-24)28-18/h3-7,11,17-19,23-25H,1,8-10,12-14H2,2H3/b4-3+,21-5+. The van der Waals surface area contributed by atoms with Gasteiger partial charge in [0.05, 0.1) is 37.7 Å². The summed E-state index contributed by atoms with van der Waals surface area (Å²) in [5.41, 5.74) is 2.99. The molecular formula is C22H29NO5. The molecule has 2 heterocycles. The second-order valence-electron chi connectivity index (χ2n) is 7.11. The van der Waals surface area contributed by atoms with Crippen LogP contribution >= 0.6 is 0 Å². The van der Waals surface area contributed by atoms with Gasteiger partial charge in [-0.25, -0.2) is 0 Å². The molecule has 1 fully saturated rings. The first-order chi connectivity index (χ1) is 13.6. The van der Waals surface area contributed by atoms with Gasteiger partial charge in [0.1, 0.15) is 18.1 Å². The number of methoxy groups -OCH3 is 1. The number of benzene rings is 1. The zero-order chi connectivity index (χ0) is 19.9. The van der Waals surface area contributed by atoms with E-state index in [1.165, 1.54) is 0 Å². The lowest BCUT2D eigenvalue weighted by Crippen LogP contribution is -2.36. The zero-order valence-corrected chi connectivity index (χ0v) is 16.3. The van der Waals surface area contributed by atoms with Crippen molar-refractivity contribution in [2.24, 2.45) is 0 Å². The molecule has 1 saturated heterocycles. The molecule has 0 radical (unpaired) electrons. The van der Waals surface area contributed by atoms with Gasteiger partial charge in [-0.15, -0.1) is 0 Å². The Morgan fingerprint density at radius 2 is 2.25 bits per heavy atom. The molecule has 2 aliphatic rings. The number of anilines is 1. The second-order valence-corrected chi connectivity index (χ2v) is 7.11. The summed E-state index contributed by atoms with van der Waals surface area (Å²) in [6, 6.07) is 6.09. The van der Waals surface area contributed by atoms with Crippen molar-refractivity contribution in [3.8, 4) is 5.75 Å². The molecule has 152 valence electrons. The lowest BCUT2D eigenvalue weighted by molar-refractivity contribution is -0.0935. The van der Waals surface area contributed by atoms with Crippen molar-refractivity contribution in [2.75, 3.05) is 32.2 Å². The maximum Gasteiger partial charge on any atom is 0.142 e. The van der Waals surface area contributed by atoms with Gasteiger partial charge >= 0.3 is 0 Å². The average molecular weight is 387 g/mol. The lowest BCUT2D eigenvalue weighted by atomic mass is 10.0. The topological polar surface area (TPSA) is 80.2 Å². The molecule has 1 aromatic rings. The van der Waals surface area contributed by atoms with Crippen molar-refractivity contribution in [3.05, 3.63) is 59.9 Å². The molecule has 3 N–H and O–H groups in total. The highest BCUT2D eigenvalue weighted by Gasteiger charge is 2.26. The zero-order valence-electron chi connectivity index (χ0n) is 16.3. The van der Waals surface area contributed by atoms with E-state index in [1.54, 1.807) is 7.11 Å². The monoisotopic (exact) mass is 387 g/mol. The third-order valence-corrected chi connectivity index (χ3v) is 4.89. The van der Waals surface area contributed by atoms with E-state index in [9.17, 15) is 10.2 Å². The molecule has 3 unspecified atom stereocenters. The number of rotatable bonds is 7. The van der Waals surface area contributed by atoms with Crippen LogP contribution in [0.2, 0.25) is 0 Å². The second kappa shape index (κ2) is 9.78. The van der Waals surface area contributed by atoms with Crippen molar-refractivity contribution < 1.29 is 24.4 Å². The number of aliphatic hydroxyl groups excluding tert-OH is 2. The number of aliphatic hydroxyl groups is 2. The Hall–Kier alpha value is -2.28. The molecule has 0 aliphatic carbocycles. The molecule has 3 atom stereocenters. The van der Waals surface area contributed by atoms with E-state index in [-0.39, 0.29) is 18.8 Å². The Bertz CT molecular complexity index is 742. The Morgan fingerprint density at radius 3 is 3.04 bits per heavy atom. The van der Waals surface area contributed by atoms with Crippen LogP contribution in [0.1, 0.15) is 18.4 Å². The first kappa shape index (κ1) is 20.5. The number of ether oxygens (including phenoxy) is 3. The van der Waals surface area contributed by atoms with Gasteiger partial charge in [0.2, 0.25) is 0 Å². The van der Waals surface area contributed by atoms with Gasteiger partial charge in [-0.3, -0.25) is 0 Å². The van der Waals surface area contributed by atoms with E-state index in [0.717, 1.165) is 29.1 Å². The third-order valence-electron chi connectivity index (χ3n) is 4.89. The highest BCUT2D eigenvalue weighted by Crippen LogP contribution is 2.29. The molecule has 0 aromatic heterocycles. The van der Waals surface area contributed by atoms with Gasteiger partial charge in [0, 0.05) is 25.8 Å². The highest BCUT2D eigenvalue weighted by atomic mass is 16.5. The van der Waals surface area contributed by atoms with Crippen molar-refractivity contribution in [3.63, 3.8) is 0 Å². The molecule has 28 heavy (non-hydrogen) atoms. The maximum atomic E-state index is 9.88. The number of fused-ring (bicyclic) bond motifs is 1. The highest BCUT2D eigenvalue weighted by molar-refractivity contribution is 5.59. The predicted molar refractivity (Wildman–Crippen MR) is 108 cm³/mol. The SMILES string of the molecule is C=C(Cc1ccc2c(c1)NCCO2)/C(=C\C=C\C1CC(O)CC(CO)O1)OC. The Morgan fingerprint density at radius 1 is 1.39 bits per heavy atom. The van der Waals surface area contributed by atoms with Crippen molar-refractivity contribution in [1.29, 1.82) is 0 Å². The minimum absolute atomic E-state index is 0.0853. The molecule has 2 aliphatic heterocycles. The summed E-state index contributed by atoms with van der Waals surface area (Å²) in [6.45, 7) is 5.56. The summed E-state index contributed by atoms with van der Waals surface area (Å²) in [7, 11) is 1.62. The minimum Gasteiger partial charge on any atom is -0.496 e. The van der Waals surface area contributed by atoms with Gasteiger partial charge in [0.15, 0.2) is 0 Å². The first-order valence-corrected chi connectivity index (χ1v) is 9.63. The maximum absolute atomic E-state index is 9.88. The van der Waals surface area contributed by atoms with Crippen LogP contribution in [0.5, 0.6) is 5.75 Å². The summed E-state index contributed by atoms with van der Waals surface area (Å²) in [5, 5.41) is 22.5.